The summed E-state index contributed by atoms with van der Waals surface area (Å²) in [6.07, 6.45) is 2.05. The van der Waals surface area contributed by atoms with Crippen LogP contribution in [0.2, 0.25) is 5.15 Å². The molecule has 1 saturated carbocycles. The van der Waals surface area contributed by atoms with Gasteiger partial charge in [-0.3, -0.25) is 9.36 Å². The molecule has 1 aliphatic carbocycles. The topological polar surface area (TPSA) is 34.9 Å². The second kappa shape index (κ2) is 4.78. The number of aromatic nitrogens is 2. The summed E-state index contributed by atoms with van der Waals surface area (Å²) in [7, 11) is 0. The molecule has 3 nitrogen and oxygen atoms in total. The van der Waals surface area contributed by atoms with E-state index in [0.717, 1.165) is 18.4 Å². The highest BCUT2D eigenvalue weighted by molar-refractivity contribution is 6.29. The normalized spacial score (nSPS) is 14.6. The van der Waals surface area contributed by atoms with Gasteiger partial charge in [0.2, 0.25) is 0 Å². The van der Waals surface area contributed by atoms with Gasteiger partial charge < -0.3 is 0 Å². The molecular formula is C14H12ClFN2O. The maximum Gasteiger partial charge on any atom is 0.255 e. The summed E-state index contributed by atoms with van der Waals surface area (Å²) in [5.41, 5.74) is 0.555. The van der Waals surface area contributed by atoms with E-state index < -0.39 is 0 Å². The molecule has 0 unspecified atom stereocenters. The Balaban J connectivity index is 2.02. The fraction of sp³-hybridized carbons (Fsp3) is 0.286. The van der Waals surface area contributed by atoms with E-state index in [2.05, 4.69) is 4.98 Å². The molecule has 1 aliphatic rings. The average molecular weight is 279 g/mol. The number of hydrogen-bond donors (Lipinski definition) is 0. The van der Waals surface area contributed by atoms with Crippen LogP contribution < -0.4 is 5.56 Å². The maximum atomic E-state index is 13.2. The van der Waals surface area contributed by atoms with Gasteiger partial charge in [0, 0.05) is 12.0 Å². The van der Waals surface area contributed by atoms with Crippen molar-refractivity contribution in [2.45, 2.75) is 25.3 Å². The van der Waals surface area contributed by atoms with Crippen LogP contribution in [0.25, 0.3) is 0 Å². The maximum absolute atomic E-state index is 13.2. The first-order valence-corrected chi connectivity index (χ1v) is 6.53. The van der Waals surface area contributed by atoms with Gasteiger partial charge in [0.1, 0.15) is 16.8 Å². The highest BCUT2D eigenvalue weighted by Gasteiger charge is 2.29. The van der Waals surface area contributed by atoms with Gasteiger partial charge in [-0.25, -0.2) is 9.37 Å². The van der Waals surface area contributed by atoms with Crippen LogP contribution in [0.1, 0.15) is 30.1 Å². The minimum atomic E-state index is -0.305. The molecule has 0 aliphatic heterocycles. The lowest BCUT2D eigenvalue weighted by Crippen LogP contribution is -2.24. The van der Waals surface area contributed by atoms with E-state index in [0.29, 0.717) is 18.3 Å². The molecule has 3 rings (SSSR count). The molecule has 1 heterocycles. The minimum absolute atomic E-state index is 0.189. The molecule has 0 radical (unpaired) electrons. The fourth-order valence-electron chi connectivity index (χ4n) is 2.12. The third-order valence-corrected chi connectivity index (χ3v) is 3.37. The number of hydrogen-bond acceptors (Lipinski definition) is 2. The van der Waals surface area contributed by atoms with Crippen molar-refractivity contribution < 1.29 is 4.39 Å². The van der Waals surface area contributed by atoms with E-state index in [1.807, 2.05) is 0 Å². The van der Waals surface area contributed by atoms with Gasteiger partial charge in [-0.15, -0.1) is 0 Å². The first-order chi connectivity index (χ1) is 9.13. The van der Waals surface area contributed by atoms with Crippen LogP contribution in [0.3, 0.4) is 0 Å². The van der Waals surface area contributed by atoms with Crippen molar-refractivity contribution in [2.75, 3.05) is 0 Å². The Morgan fingerprint density at radius 1 is 1.37 bits per heavy atom. The number of nitrogens with zero attached hydrogens (tertiary/aromatic N) is 2. The van der Waals surface area contributed by atoms with E-state index in [-0.39, 0.29) is 16.5 Å². The zero-order valence-corrected chi connectivity index (χ0v) is 10.9. The van der Waals surface area contributed by atoms with Gasteiger partial charge in [0.25, 0.3) is 5.56 Å². The van der Waals surface area contributed by atoms with Gasteiger partial charge in [0.05, 0.1) is 6.54 Å². The molecule has 0 atom stereocenters. The summed E-state index contributed by atoms with van der Waals surface area (Å²) < 4.78 is 14.8. The van der Waals surface area contributed by atoms with Crippen molar-refractivity contribution in [3.05, 3.63) is 63.0 Å². The zero-order chi connectivity index (χ0) is 13.4. The molecule has 1 fully saturated rings. The number of rotatable bonds is 3. The van der Waals surface area contributed by atoms with Crippen LogP contribution >= 0.6 is 11.6 Å². The Morgan fingerprint density at radius 2 is 2.16 bits per heavy atom. The zero-order valence-electron chi connectivity index (χ0n) is 10.1. The summed E-state index contributed by atoms with van der Waals surface area (Å²) in [5, 5.41) is 0.224. The molecule has 0 N–H and O–H groups in total. The standard InChI is InChI=1S/C14H12ClFN2O/c15-12-7-13(19)18(14(17-12)10-4-5-10)8-9-2-1-3-11(16)6-9/h1-3,6-7,10H,4-5,8H2. The predicted octanol–water partition coefficient (Wildman–Crippen LogP) is 2.96. The average Bonchev–Trinajstić information content (AvgIpc) is 3.16. The van der Waals surface area contributed by atoms with Crippen LogP contribution in [-0.4, -0.2) is 9.55 Å². The molecule has 0 amide bonds. The third kappa shape index (κ3) is 2.68. The Kier molecular flexibility index (Phi) is 3.11. The van der Waals surface area contributed by atoms with Gasteiger partial charge in [-0.2, -0.15) is 0 Å². The Bertz CT molecular complexity index is 679. The minimum Gasteiger partial charge on any atom is -0.292 e. The molecule has 1 aromatic heterocycles. The molecule has 2 aromatic rings. The highest BCUT2D eigenvalue weighted by Crippen LogP contribution is 2.38. The third-order valence-electron chi connectivity index (χ3n) is 3.18. The summed E-state index contributed by atoms with van der Waals surface area (Å²) in [4.78, 5) is 16.3. The monoisotopic (exact) mass is 278 g/mol. The van der Waals surface area contributed by atoms with Gasteiger partial charge in [-0.05, 0) is 30.5 Å². The lowest BCUT2D eigenvalue weighted by Gasteiger charge is -2.11. The van der Waals surface area contributed by atoms with Crippen LogP contribution in [-0.2, 0) is 6.54 Å². The quantitative estimate of drug-likeness (QED) is 0.809. The van der Waals surface area contributed by atoms with Crippen molar-refractivity contribution in [3.63, 3.8) is 0 Å². The SMILES string of the molecule is O=c1cc(Cl)nc(C2CC2)n1Cc1cccc(F)c1. The lowest BCUT2D eigenvalue weighted by molar-refractivity contribution is 0.618. The van der Waals surface area contributed by atoms with E-state index in [1.165, 1.54) is 18.2 Å². The number of benzene rings is 1. The van der Waals surface area contributed by atoms with Gasteiger partial charge in [-0.1, -0.05) is 23.7 Å². The van der Waals surface area contributed by atoms with Crippen LogP contribution in [0.5, 0.6) is 0 Å². The molecule has 19 heavy (non-hydrogen) atoms. The fourth-order valence-corrected chi connectivity index (χ4v) is 2.30. The Hall–Kier alpha value is -1.68. The summed E-state index contributed by atoms with van der Waals surface area (Å²) in [6.45, 7) is 0.326. The Labute approximate surface area is 114 Å². The molecule has 0 spiro atoms. The van der Waals surface area contributed by atoms with Crippen LogP contribution in [0.4, 0.5) is 4.39 Å². The second-order valence-electron chi connectivity index (χ2n) is 4.77. The highest BCUT2D eigenvalue weighted by atomic mass is 35.5. The van der Waals surface area contributed by atoms with Crippen molar-refractivity contribution >= 4 is 11.6 Å². The summed E-state index contributed by atoms with van der Waals surface area (Å²) in [6, 6.07) is 7.54. The summed E-state index contributed by atoms with van der Waals surface area (Å²) in [5.74, 6) is 0.710. The first-order valence-electron chi connectivity index (χ1n) is 6.15. The van der Waals surface area contributed by atoms with Gasteiger partial charge >= 0.3 is 0 Å². The van der Waals surface area contributed by atoms with Crippen molar-refractivity contribution in [2.24, 2.45) is 0 Å². The van der Waals surface area contributed by atoms with Crippen molar-refractivity contribution in [3.8, 4) is 0 Å². The smallest absolute Gasteiger partial charge is 0.255 e. The van der Waals surface area contributed by atoms with E-state index in [9.17, 15) is 9.18 Å². The van der Waals surface area contributed by atoms with Crippen LogP contribution in [0.15, 0.2) is 35.1 Å². The molecule has 0 saturated heterocycles. The largest absolute Gasteiger partial charge is 0.292 e. The van der Waals surface area contributed by atoms with Crippen molar-refractivity contribution in [1.29, 1.82) is 0 Å². The van der Waals surface area contributed by atoms with Gasteiger partial charge in [0.15, 0.2) is 0 Å². The molecule has 98 valence electrons. The predicted molar refractivity (Wildman–Crippen MR) is 71.0 cm³/mol. The lowest BCUT2D eigenvalue weighted by atomic mass is 10.2. The molecule has 0 bridgehead atoms. The molecule has 1 aromatic carbocycles. The second-order valence-corrected chi connectivity index (χ2v) is 5.15. The summed E-state index contributed by atoms with van der Waals surface area (Å²) >= 11 is 5.84. The van der Waals surface area contributed by atoms with E-state index in [4.69, 9.17) is 11.6 Å². The first kappa shape index (κ1) is 12.4. The number of halogens is 2. The van der Waals surface area contributed by atoms with E-state index in [1.54, 1.807) is 16.7 Å². The van der Waals surface area contributed by atoms with Crippen molar-refractivity contribution in [1.82, 2.24) is 9.55 Å². The van der Waals surface area contributed by atoms with Crippen LogP contribution in [0, 0.1) is 5.82 Å². The molecular weight excluding hydrogens is 267 g/mol. The van der Waals surface area contributed by atoms with E-state index >= 15 is 0 Å². The Morgan fingerprint density at radius 3 is 2.84 bits per heavy atom. The molecule has 5 heteroatoms.